The van der Waals surface area contributed by atoms with Gasteiger partial charge in [-0.05, 0) is 0 Å². The van der Waals surface area contributed by atoms with Gasteiger partial charge in [0.1, 0.15) is 0 Å². The number of hydrogen-bond donors (Lipinski definition) is 1. The lowest BCUT2D eigenvalue weighted by Gasteiger charge is -2.07. The molecule has 1 aliphatic heterocycles. The lowest BCUT2D eigenvalue weighted by molar-refractivity contribution is 0.102. The molecule has 2 heterocycles. The van der Waals surface area contributed by atoms with Crippen LogP contribution >= 0.6 is 0 Å². The Morgan fingerprint density at radius 1 is 1.15 bits per heavy atom. The van der Waals surface area contributed by atoms with Crippen molar-refractivity contribution in [3.8, 4) is 0 Å². The number of rotatable bonds is 2. The van der Waals surface area contributed by atoms with E-state index in [1.54, 1.807) is 24.3 Å². The van der Waals surface area contributed by atoms with Crippen molar-refractivity contribution in [2.45, 2.75) is 13.1 Å². The average molecular weight is 269 g/mol. The number of hydrogen-bond acceptors (Lipinski definition) is 4. The van der Waals surface area contributed by atoms with Crippen LogP contribution in [0.25, 0.3) is 0 Å². The van der Waals surface area contributed by atoms with Gasteiger partial charge in [0.15, 0.2) is 0 Å². The quantitative estimate of drug-likeness (QED) is 0.839. The van der Waals surface area contributed by atoms with Crippen molar-refractivity contribution in [1.82, 2.24) is 14.9 Å². The van der Waals surface area contributed by atoms with Gasteiger partial charge in [-0.3, -0.25) is 9.69 Å². The van der Waals surface area contributed by atoms with Crippen LogP contribution in [0.2, 0.25) is 0 Å². The van der Waals surface area contributed by atoms with Gasteiger partial charge >= 0.3 is 6.09 Å². The molecule has 0 atom stereocenters. The fourth-order valence-corrected chi connectivity index (χ4v) is 2.12. The minimum absolute atomic E-state index is 0.0992. The molecule has 6 heteroatoms. The lowest BCUT2D eigenvalue weighted by atomic mass is 10.1. The Balaban J connectivity index is 1.90. The Morgan fingerprint density at radius 2 is 1.90 bits per heavy atom. The molecule has 0 aliphatic carbocycles. The Kier molecular flexibility index (Phi) is 2.90. The van der Waals surface area contributed by atoms with Gasteiger partial charge in [0.25, 0.3) is 0 Å². The molecule has 0 radical (unpaired) electrons. The second-order valence-electron chi connectivity index (χ2n) is 4.50. The molecule has 3 rings (SSSR count). The zero-order chi connectivity index (χ0) is 14.1. The minimum Gasteiger partial charge on any atom is -0.465 e. The first-order valence-electron chi connectivity index (χ1n) is 6.07. The first-order valence-corrected chi connectivity index (χ1v) is 6.07. The van der Waals surface area contributed by atoms with Gasteiger partial charge in [-0.2, -0.15) is 0 Å². The molecular weight excluding hydrogens is 258 g/mol. The summed E-state index contributed by atoms with van der Waals surface area (Å²) in [5.74, 6) is -0.163. The summed E-state index contributed by atoms with van der Waals surface area (Å²) in [6.45, 7) is 0.465. The summed E-state index contributed by atoms with van der Waals surface area (Å²) in [5.41, 5.74) is 1.86. The molecule has 1 aromatic heterocycles. The number of fused-ring (bicyclic) bond motifs is 1. The highest BCUT2D eigenvalue weighted by atomic mass is 16.4. The molecule has 0 saturated heterocycles. The second-order valence-corrected chi connectivity index (χ2v) is 4.50. The molecule has 1 amide bonds. The SMILES string of the molecule is O=C(c1ccccc1)c1ncc2c(n1)CN(C(=O)O)C2. The number of carbonyl (C=O) groups excluding carboxylic acids is 1. The van der Waals surface area contributed by atoms with Gasteiger partial charge in [-0.15, -0.1) is 0 Å². The summed E-state index contributed by atoms with van der Waals surface area (Å²) >= 11 is 0. The van der Waals surface area contributed by atoms with Crippen LogP contribution in [0, 0.1) is 0 Å². The molecule has 1 aromatic carbocycles. The van der Waals surface area contributed by atoms with Crippen LogP contribution in [-0.4, -0.2) is 31.9 Å². The zero-order valence-corrected chi connectivity index (χ0v) is 10.5. The monoisotopic (exact) mass is 269 g/mol. The van der Waals surface area contributed by atoms with Crippen LogP contribution in [0.15, 0.2) is 36.5 Å². The van der Waals surface area contributed by atoms with Crippen LogP contribution in [0.5, 0.6) is 0 Å². The van der Waals surface area contributed by atoms with Crippen molar-refractivity contribution < 1.29 is 14.7 Å². The number of benzene rings is 1. The maximum Gasteiger partial charge on any atom is 0.407 e. The predicted molar refractivity (Wildman–Crippen MR) is 69.2 cm³/mol. The fraction of sp³-hybridized carbons (Fsp3) is 0.143. The molecule has 20 heavy (non-hydrogen) atoms. The second kappa shape index (κ2) is 4.73. The van der Waals surface area contributed by atoms with Crippen molar-refractivity contribution in [3.05, 3.63) is 59.2 Å². The van der Waals surface area contributed by atoms with E-state index in [4.69, 9.17) is 5.11 Å². The molecule has 0 unspecified atom stereocenters. The van der Waals surface area contributed by atoms with Gasteiger partial charge in [0, 0.05) is 17.3 Å². The summed E-state index contributed by atoms with van der Waals surface area (Å²) in [6.07, 6.45) is 0.528. The number of carboxylic acid groups (broad SMARTS) is 1. The van der Waals surface area contributed by atoms with E-state index in [9.17, 15) is 9.59 Å². The lowest BCUT2D eigenvalue weighted by Crippen LogP contribution is -2.22. The summed E-state index contributed by atoms with van der Waals surface area (Å²) in [4.78, 5) is 32.6. The molecule has 1 aliphatic rings. The first kappa shape index (κ1) is 12.3. The molecule has 2 aromatic rings. The molecule has 1 N–H and O–H groups in total. The third kappa shape index (κ3) is 2.11. The number of carbonyl (C=O) groups is 2. The Labute approximate surface area is 114 Å². The highest BCUT2D eigenvalue weighted by Crippen LogP contribution is 2.20. The van der Waals surface area contributed by atoms with E-state index >= 15 is 0 Å². The van der Waals surface area contributed by atoms with Crippen molar-refractivity contribution in [3.63, 3.8) is 0 Å². The van der Waals surface area contributed by atoms with Crippen molar-refractivity contribution in [1.29, 1.82) is 0 Å². The van der Waals surface area contributed by atoms with E-state index in [0.29, 0.717) is 11.3 Å². The van der Waals surface area contributed by atoms with E-state index in [-0.39, 0.29) is 24.7 Å². The van der Waals surface area contributed by atoms with Crippen LogP contribution in [-0.2, 0) is 13.1 Å². The third-order valence-corrected chi connectivity index (χ3v) is 3.17. The molecule has 100 valence electrons. The van der Waals surface area contributed by atoms with E-state index in [0.717, 1.165) is 5.56 Å². The van der Waals surface area contributed by atoms with Crippen molar-refractivity contribution >= 4 is 11.9 Å². The molecule has 0 fully saturated rings. The first-order chi connectivity index (χ1) is 9.65. The Morgan fingerprint density at radius 3 is 2.60 bits per heavy atom. The van der Waals surface area contributed by atoms with Crippen molar-refractivity contribution in [2.75, 3.05) is 0 Å². The van der Waals surface area contributed by atoms with Gasteiger partial charge in [0.2, 0.25) is 11.6 Å². The number of amides is 1. The summed E-state index contributed by atoms with van der Waals surface area (Å²) in [5, 5.41) is 8.95. The standard InChI is InChI=1S/C14H11N3O3/c18-12(9-4-2-1-3-5-9)13-15-6-10-7-17(14(19)20)8-11(10)16-13/h1-6H,7-8H2,(H,19,20). The van der Waals surface area contributed by atoms with Crippen LogP contribution < -0.4 is 0 Å². The summed E-state index contributed by atoms with van der Waals surface area (Å²) < 4.78 is 0. The molecule has 0 saturated carbocycles. The highest BCUT2D eigenvalue weighted by molar-refractivity contribution is 6.06. The molecule has 0 bridgehead atoms. The fourth-order valence-electron chi connectivity index (χ4n) is 2.12. The largest absolute Gasteiger partial charge is 0.465 e. The summed E-state index contributed by atoms with van der Waals surface area (Å²) in [6, 6.07) is 8.76. The molecule has 0 spiro atoms. The van der Waals surface area contributed by atoms with E-state index < -0.39 is 6.09 Å². The average Bonchev–Trinajstić information content (AvgIpc) is 2.90. The molecule has 6 nitrogen and oxygen atoms in total. The topological polar surface area (TPSA) is 83.4 Å². The van der Waals surface area contributed by atoms with Gasteiger partial charge in [-0.25, -0.2) is 14.8 Å². The normalized spacial score (nSPS) is 13.1. The maximum atomic E-state index is 12.2. The van der Waals surface area contributed by atoms with Crippen LogP contribution in [0.1, 0.15) is 27.4 Å². The van der Waals surface area contributed by atoms with Crippen molar-refractivity contribution in [2.24, 2.45) is 0 Å². The van der Waals surface area contributed by atoms with Crippen LogP contribution in [0.3, 0.4) is 0 Å². The maximum absolute atomic E-state index is 12.2. The predicted octanol–water partition coefficient (Wildman–Crippen LogP) is 1.70. The minimum atomic E-state index is -1.00. The zero-order valence-electron chi connectivity index (χ0n) is 10.5. The van der Waals surface area contributed by atoms with Gasteiger partial charge < -0.3 is 5.11 Å². The highest BCUT2D eigenvalue weighted by Gasteiger charge is 2.25. The summed E-state index contributed by atoms with van der Waals surface area (Å²) in [7, 11) is 0. The third-order valence-electron chi connectivity index (χ3n) is 3.17. The number of nitrogens with zero attached hydrogens (tertiary/aromatic N) is 3. The van der Waals surface area contributed by atoms with E-state index in [2.05, 4.69) is 9.97 Å². The van der Waals surface area contributed by atoms with Crippen LogP contribution in [0.4, 0.5) is 4.79 Å². The Bertz CT molecular complexity index is 685. The number of aromatic nitrogens is 2. The molecular formula is C14H11N3O3. The Hall–Kier alpha value is -2.76. The number of ketones is 1. The van der Waals surface area contributed by atoms with E-state index in [1.165, 1.54) is 11.1 Å². The van der Waals surface area contributed by atoms with Gasteiger partial charge in [-0.1, -0.05) is 30.3 Å². The smallest absolute Gasteiger partial charge is 0.407 e. The van der Waals surface area contributed by atoms with Gasteiger partial charge in [0.05, 0.1) is 18.8 Å². The van der Waals surface area contributed by atoms with E-state index in [1.807, 2.05) is 6.07 Å².